The number of carbonyl (C=O) groups is 1. The molecule has 2 fully saturated rings. The minimum Gasteiger partial charge on any atom is -0.437 e. The SMILES string of the molecule is CC(=O)NCC1CCN(Cc2cc(Oc3ccc(N4CC[N+](C)(C)CC4)nc3)nc(-c3cc(Cl)cc(Cl)c3)c2)CC1.Cl. The van der Waals surface area contributed by atoms with Gasteiger partial charge in [-0.1, -0.05) is 23.2 Å². The number of carbonyl (C=O) groups excluding carboxylic acids is 1. The second-order valence-electron chi connectivity index (χ2n) is 11.8. The molecule has 11 heteroatoms. The minimum atomic E-state index is 0. The van der Waals surface area contributed by atoms with Crippen molar-refractivity contribution >= 4 is 47.3 Å². The highest BCUT2D eigenvalue weighted by molar-refractivity contribution is 6.35. The number of quaternary nitrogens is 1. The lowest BCUT2D eigenvalue weighted by Gasteiger charge is -2.39. The maximum atomic E-state index is 11.3. The molecule has 1 amide bonds. The van der Waals surface area contributed by atoms with Gasteiger partial charge in [0, 0.05) is 41.7 Å². The van der Waals surface area contributed by atoms with Gasteiger partial charge in [0.05, 0.1) is 52.2 Å². The van der Waals surface area contributed by atoms with Gasteiger partial charge in [0.1, 0.15) is 11.6 Å². The van der Waals surface area contributed by atoms with E-state index in [2.05, 4.69) is 35.3 Å². The topological polar surface area (TPSA) is 70.6 Å². The van der Waals surface area contributed by atoms with Gasteiger partial charge in [-0.05, 0) is 73.8 Å². The highest BCUT2D eigenvalue weighted by Gasteiger charge is 2.25. The molecule has 2 aliphatic heterocycles. The summed E-state index contributed by atoms with van der Waals surface area (Å²) in [5.74, 6) is 2.66. The summed E-state index contributed by atoms with van der Waals surface area (Å²) in [4.78, 5) is 25.6. The van der Waals surface area contributed by atoms with Crippen LogP contribution >= 0.6 is 35.6 Å². The average molecular weight is 635 g/mol. The summed E-state index contributed by atoms with van der Waals surface area (Å²) < 4.78 is 7.29. The zero-order valence-corrected chi connectivity index (χ0v) is 26.8. The fourth-order valence-electron chi connectivity index (χ4n) is 5.42. The summed E-state index contributed by atoms with van der Waals surface area (Å²) in [6, 6.07) is 13.5. The van der Waals surface area contributed by atoms with Crippen LogP contribution < -0.4 is 15.0 Å². The number of likely N-dealkylation sites (N-methyl/N-ethyl adjacent to an activating group) is 1. The van der Waals surface area contributed by atoms with Gasteiger partial charge in [0.15, 0.2) is 0 Å². The van der Waals surface area contributed by atoms with Crippen LogP contribution in [0.25, 0.3) is 11.3 Å². The number of aromatic nitrogens is 2. The minimum absolute atomic E-state index is 0. The number of hydrogen-bond acceptors (Lipinski definition) is 6. The van der Waals surface area contributed by atoms with Crippen molar-refractivity contribution < 1.29 is 14.0 Å². The second kappa shape index (κ2) is 14.2. The van der Waals surface area contributed by atoms with Gasteiger partial charge in [0.2, 0.25) is 11.8 Å². The van der Waals surface area contributed by atoms with E-state index in [0.29, 0.717) is 27.6 Å². The third-order valence-electron chi connectivity index (χ3n) is 7.99. The number of rotatable bonds is 8. The standard InChI is InChI=1S/C31H38Cl2N6O2.ClH/c1-22(40)34-19-23-6-8-37(9-7-23)21-24-14-29(25-16-26(32)18-27(33)17-25)36-31(15-24)41-28-4-5-30(35-20-28)38-10-12-39(2,3)13-11-38;/h4-5,14-18,20,23H,6-13,19,21H2,1-3H3;1H/p+1. The Kier molecular flexibility index (Phi) is 10.9. The Bertz CT molecular complexity index is 1330. The fourth-order valence-corrected chi connectivity index (χ4v) is 5.95. The van der Waals surface area contributed by atoms with Crippen molar-refractivity contribution in [3.8, 4) is 22.9 Å². The predicted octanol–water partition coefficient (Wildman–Crippen LogP) is 5.91. The van der Waals surface area contributed by atoms with Crippen LogP contribution in [0.2, 0.25) is 10.0 Å². The molecule has 1 aromatic carbocycles. The Morgan fingerprint density at radius 3 is 2.33 bits per heavy atom. The number of piperidine rings is 1. The summed E-state index contributed by atoms with van der Waals surface area (Å²) in [5, 5.41) is 4.07. The van der Waals surface area contributed by atoms with Gasteiger partial charge in [0.25, 0.3) is 0 Å². The van der Waals surface area contributed by atoms with Gasteiger partial charge in [-0.25, -0.2) is 9.97 Å². The van der Waals surface area contributed by atoms with Gasteiger partial charge in [-0.3, -0.25) is 9.69 Å². The van der Waals surface area contributed by atoms with Crippen LogP contribution in [-0.2, 0) is 11.3 Å². The van der Waals surface area contributed by atoms with Crippen molar-refractivity contribution in [1.29, 1.82) is 0 Å². The number of likely N-dealkylation sites (tertiary alicyclic amines) is 1. The number of nitrogens with zero attached hydrogens (tertiary/aromatic N) is 5. The first kappa shape index (κ1) is 32.3. The number of halogens is 3. The third kappa shape index (κ3) is 8.94. The maximum absolute atomic E-state index is 11.3. The first-order chi connectivity index (χ1) is 19.6. The zero-order chi connectivity index (χ0) is 29.0. The first-order valence-corrected chi connectivity index (χ1v) is 15.0. The van der Waals surface area contributed by atoms with Gasteiger partial charge >= 0.3 is 0 Å². The number of piperazine rings is 1. The molecule has 0 unspecified atom stereocenters. The van der Waals surface area contributed by atoms with Crippen molar-refractivity contribution in [3.05, 3.63) is 64.3 Å². The van der Waals surface area contributed by atoms with E-state index in [4.69, 9.17) is 37.9 Å². The Labute approximate surface area is 265 Å². The Balaban J connectivity index is 0.00000405. The summed E-state index contributed by atoms with van der Waals surface area (Å²) in [5.41, 5.74) is 2.68. The molecule has 0 radical (unpaired) electrons. The number of anilines is 1. The predicted molar refractivity (Wildman–Crippen MR) is 172 cm³/mol. The Morgan fingerprint density at radius 2 is 1.71 bits per heavy atom. The lowest BCUT2D eigenvalue weighted by Crippen LogP contribution is -2.55. The van der Waals surface area contributed by atoms with Gasteiger partial charge < -0.3 is 19.4 Å². The lowest BCUT2D eigenvalue weighted by molar-refractivity contribution is -0.890. The third-order valence-corrected chi connectivity index (χ3v) is 8.43. The van der Waals surface area contributed by atoms with E-state index in [1.165, 1.54) is 0 Å². The van der Waals surface area contributed by atoms with E-state index in [1.54, 1.807) is 19.2 Å². The molecule has 5 rings (SSSR count). The van der Waals surface area contributed by atoms with E-state index in [0.717, 1.165) is 92.3 Å². The molecule has 2 saturated heterocycles. The molecule has 2 aliphatic rings. The van der Waals surface area contributed by atoms with E-state index in [9.17, 15) is 4.79 Å². The van der Waals surface area contributed by atoms with Crippen LogP contribution in [0.4, 0.5) is 5.82 Å². The number of hydrogen-bond donors (Lipinski definition) is 1. The highest BCUT2D eigenvalue weighted by atomic mass is 35.5. The molecule has 8 nitrogen and oxygen atoms in total. The molecule has 2 aromatic heterocycles. The molecule has 42 heavy (non-hydrogen) atoms. The van der Waals surface area contributed by atoms with Crippen LogP contribution in [0.5, 0.6) is 11.6 Å². The van der Waals surface area contributed by atoms with Crippen molar-refractivity contribution in [3.63, 3.8) is 0 Å². The molecule has 226 valence electrons. The van der Waals surface area contributed by atoms with Crippen molar-refractivity contribution in [1.82, 2.24) is 20.2 Å². The quantitative estimate of drug-likeness (QED) is 0.311. The molecular formula is C31H40Cl3N6O2+. The Morgan fingerprint density at radius 1 is 1.02 bits per heavy atom. The van der Waals surface area contributed by atoms with E-state index < -0.39 is 0 Å². The smallest absolute Gasteiger partial charge is 0.220 e. The summed E-state index contributed by atoms with van der Waals surface area (Å²) in [6.45, 7) is 9.20. The second-order valence-corrected chi connectivity index (χ2v) is 12.7. The van der Waals surface area contributed by atoms with Crippen LogP contribution in [-0.4, -0.2) is 85.2 Å². The number of ether oxygens (including phenoxy) is 1. The zero-order valence-electron chi connectivity index (χ0n) is 24.5. The van der Waals surface area contributed by atoms with Crippen molar-refractivity contribution in [2.24, 2.45) is 5.92 Å². The van der Waals surface area contributed by atoms with Crippen LogP contribution in [0.15, 0.2) is 48.7 Å². The average Bonchev–Trinajstić information content (AvgIpc) is 2.92. The van der Waals surface area contributed by atoms with Crippen LogP contribution in [0, 0.1) is 5.92 Å². The maximum Gasteiger partial charge on any atom is 0.220 e. The number of amides is 1. The summed E-state index contributed by atoms with van der Waals surface area (Å²) >= 11 is 12.7. The number of pyridine rings is 2. The van der Waals surface area contributed by atoms with Gasteiger partial charge in [-0.2, -0.15) is 0 Å². The van der Waals surface area contributed by atoms with Gasteiger partial charge in [-0.15, -0.1) is 12.4 Å². The summed E-state index contributed by atoms with van der Waals surface area (Å²) in [6.07, 6.45) is 3.88. The molecular weight excluding hydrogens is 595 g/mol. The van der Waals surface area contributed by atoms with Crippen LogP contribution in [0.1, 0.15) is 25.3 Å². The van der Waals surface area contributed by atoms with Crippen molar-refractivity contribution in [2.45, 2.75) is 26.3 Å². The monoisotopic (exact) mass is 633 g/mol. The molecule has 1 N–H and O–H groups in total. The fraction of sp³-hybridized carbons (Fsp3) is 0.452. The number of nitrogens with one attached hydrogen (secondary N) is 1. The van der Waals surface area contributed by atoms with E-state index in [1.807, 2.05) is 30.3 Å². The summed E-state index contributed by atoms with van der Waals surface area (Å²) in [7, 11) is 4.54. The Hall–Kier alpha value is -2.62. The molecule has 0 atom stereocenters. The van der Waals surface area contributed by atoms with Crippen LogP contribution in [0.3, 0.4) is 0 Å². The molecule has 0 aliphatic carbocycles. The van der Waals surface area contributed by atoms with E-state index in [-0.39, 0.29) is 18.3 Å². The van der Waals surface area contributed by atoms with E-state index >= 15 is 0 Å². The molecule has 4 heterocycles. The number of benzene rings is 1. The molecule has 0 spiro atoms. The normalized spacial score (nSPS) is 17.4. The molecule has 0 saturated carbocycles. The largest absolute Gasteiger partial charge is 0.437 e. The molecule has 0 bridgehead atoms. The van der Waals surface area contributed by atoms with Crippen molar-refractivity contribution in [2.75, 3.05) is 64.8 Å². The molecule has 3 aromatic rings. The first-order valence-electron chi connectivity index (χ1n) is 14.3. The lowest BCUT2D eigenvalue weighted by atomic mass is 9.96. The highest BCUT2D eigenvalue weighted by Crippen LogP contribution is 2.31.